The van der Waals surface area contributed by atoms with Gasteiger partial charge in [0.05, 0.1) is 12.0 Å². The summed E-state index contributed by atoms with van der Waals surface area (Å²) >= 11 is 0. The molecule has 8 nitrogen and oxygen atoms in total. The van der Waals surface area contributed by atoms with E-state index in [0.29, 0.717) is 5.92 Å². The lowest BCUT2D eigenvalue weighted by molar-refractivity contribution is -0.125. The van der Waals surface area contributed by atoms with E-state index in [9.17, 15) is 18.0 Å². The van der Waals surface area contributed by atoms with E-state index in [1.165, 1.54) is 19.2 Å². The van der Waals surface area contributed by atoms with E-state index in [0.717, 1.165) is 31.7 Å². The third-order valence-electron chi connectivity index (χ3n) is 4.51. The summed E-state index contributed by atoms with van der Waals surface area (Å²) in [7, 11) is -2.65. The molecule has 1 aliphatic carbocycles. The molecule has 1 aliphatic rings. The number of methoxy groups -OCH3 is 1. The molecule has 0 spiro atoms. The summed E-state index contributed by atoms with van der Waals surface area (Å²) in [4.78, 5) is 24.0. The Labute approximate surface area is 153 Å². The van der Waals surface area contributed by atoms with Crippen LogP contribution in [0.25, 0.3) is 0 Å². The molecule has 1 fully saturated rings. The fourth-order valence-electron chi connectivity index (χ4n) is 3.01. The van der Waals surface area contributed by atoms with Crippen LogP contribution >= 0.6 is 0 Å². The molecule has 1 saturated carbocycles. The Hall–Kier alpha value is -2.13. The molecule has 2 unspecified atom stereocenters. The smallest absolute Gasteiger partial charge is 0.342 e. The third kappa shape index (κ3) is 5.18. The molecule has 144 valence electrons. The maximum absolute atomic E-state index is 12.2. The highest BCUT2D eigenvalue weighted by atomic mass is 32.2. The second-order valence-corrected chi connectivity index (χ2v) is 7.98. The molecule has 0 radical (unpaired) electrons. The fourth-order valence-corrected chi connectivity index (χ4v) is 3.55. The number of rotatable bonds is 6. The first kappa shape index (κ1) is 20.2. The molecule has 26 heavy (non-hydrogen) atoms. The fraction of sp³-hybridized carbons (Fsp3) is 0.529. The van der Waals surface area contributed by atoms with Crippen LogP contribution in [0.1, 0.15) is 43.0 Å². The Morgan fingerprint density at radius 3 is 2.58 bits per heavy atom. The van der Waals surface area contributed by atoms with Gasteiger partial charge in [-0.25, -0.2) is 18.4 Å². The molecule has 2 rings (SSSR count). The van der Waals surface area contributed by atoms with Crippen LogP contribution in [0.2, 0.25) is 0 Å². The minimum atomic E-state index is -3.98. The zero-order valence-electron chi connectivity index (χ0n) is 14.9. The van der Waals surface area contributed by atoms with Gasteiger partial charge in [-0.2, -0.15) is 0 Å². The first-order valence-electron chi connectivity index (χ1n) is 8.39. The molecule has 0 aromatic heterocycles. The minimum absolute atomic E-state index is 0.0789. The summed E-state index contributed by atoms with van der Waals surface area (Å²) < 4.78 is 32.9. The Morgan fingerprint density at radius 2 is 1.96 bits per heavy atom. The van der Waals surface area contributed by atoms with E-state index in [1.807, 2.05) is 0 Å². The molecule has 0 saturated heterocycles. The van der Waals surface area contributed by atoms with Gasteiger partial charge < -0.3 is 14.8 Å². The van der Waals surface area contributed by atoms with Gasteiger partial charge in [-0.05, 0) is 37.0 Å². The van der Waals surface area contributed by atoms with Crippen molar-refractivity contribution < 1.29 is 27.5 Å². The SMILES string of the molecule is COc1ccc(S(N)(=O)=O)cc1C(=O)OCC(=O)NC1CCCCC1C. The quantitative estimate of drug-likeness (QED) is 0.710. The molecule has 0 aliphatic heterocycles. The van der Waals surface area contributed by atoms with Crippen LogP contribution in [0.15, 0.2) is 23.1 Å². The average molecular weight is 384 g/mol. The number of hydrogen-bond donors (Lipinski definition) is 2. The minimum Gasteiger partial charge on any atom is -0.496 e. The van der Waals surface area contributed by atoms with E-state index in [2.05, 4.69) is 12.2 Å². The highest BCUT2D eigenvalue weighted by Gasteiger charge is 2.24. The van der Waals surface area contributed by atoms with Gasteiger partial charge in [0.25, 0.3) is 5.91 Å². The van der Waals surface area contributed by atoms with Crippen molar-refractivity contribution in [2.45, 2.75) is 43.5 Å². The van der Waals surface area contributed by atoms with Gasteiger partial charge in [-0.3, -0.25) is 4.79 Å². The molecule has 0 bridgehead atoms. The summed E-state index contributed by atoms with van der Waals surface area (Å²) in [6, 6.07) is 3.68. The number of carbonyl (C=O) groups excluding carboxylic acids is 2. The van der Waals surface area contributed by atoms with E-state index in [4.69, 9.17) is 14.6 Å². The Morgan fingerprint density at radius 1 is 1.27 bits per heavy atom. The van der Waals surface area contributed by atoms with Gasteiger partial charge in [-0.1, -0.05) is 19.8 Å². The number of ether oxygens (including phenoxy) is 2. The predicted molar refractivity (Wildman–Crippen MR) is 94.2 cm³/mol. The standard InChI is InChI=1S/C17H24N2O6S/c1-11-5-3-4-6-14(11)19-16(20)10-25-17(21)13-9-12(26(18,22)23)7-8-15(13)24-2/h7-9,11,14H,3-6,10H2,1-2H3,(H,19,20)(H2,18,22,23). The first-order chi connectivity index (χ1) is 12.2. The third-order valence-corrected chi connectivity index (χ3v) is 5.42. The highest BCUT2D eigenvalue weighted by molar-refractivity contribution is 7.89. The van der Waals surface area contributed by atoms with Crippen LogP contribution in [0.4, 0.5) is 0 Å². The van der Waals surface area contributed by atoms with Gasteiger partial charge >= 0.3 is 5.97 Å². The van der Waals surface area contributed by atoms with E-state index < -0.39 is 28.5 Å². The molecule has 1 aromatic rings. The van der Waals surface area contributed by atoms with Crippen molar-refractivity contribution in [3.63, 3.8) is 0 Å². The number of nitrogens with two attached hydrogens (primary N) is 1. The predicted octanol–water partition coefficient (Wildman–Crippen LogP) is 1.19. The molecular weight excluding hydrogens is 360 g/mol. The lowest BCUT2D eigenvalue weighted by Crippen LogP contribution is -2.42. The van der Waals surface area contributed by atoms with Gasteiger partial charge in [0.1, 0.15) is 11.3 Å². The van der Waals surface area contributed by atoms with Crippen molar-refractivity contribution in [1.82, 2.24) is 5.32 Å². The number of sulfonamides is 1. The summed E-state index contributed by atoms with van der Waals surface area (Å²) in [6.07, 6.45) is 4.18. The second-order valence-electron chi connectivity index (χ2n) is 6.42. The molecule has 1 aromatic carbocycles. The zero-order valence-corrected chi connectivity index (χ0v) is 15.7. The van der Waals surface area contributed by atoms with Crippen molar-refractivity contribution >= 4 is 21.9 Å². The number of esters is 1. The van der Waals surface area contributed by atoms with Crippen molar-refractivity contribution in [3.8, 4) is 5.75 Å². The molecule has 3 N–H and O–H groups in total. The lowest BCUT2D eigenvalue weighted by atomic mass is 9.86. The average Bonchev–Trinajstić information content (AvgIpc) is 2.60. The second kappa shape index (κ2) is 8.50. The Balaban J connectivity index is 2.01. The van der Waals surface area contributed by atoms with E-state index >= 15 is 0 Å². The number of carbonyl (C=O) groups is 2. The van der Waals surface area contributed by atoms with E-state index in [1.54, 1.807) is 0 Å². The van der Waals surface area contributed by atoms with Gasteiger partial charge in [0.15, 0.2) is 6.61 Å². The monoisotopic (exact) mass is 384 g/mol. The summed E-state index contributed by atoms with van der Waals surface area (Å²) in [5.41, 5.74) is -0.113. The Kier molecular flexibility index (Phi) is 6.60. The zero-order chi connectivity index (χ0) is 19.3. The van der Waals surface area contributed by atoms with Gasteiger partial charge in [0.2, 0.25) is 10.0 Å². The van der Waals surface area contributed by atoms with Crippen LogP contribution in [0, 0.1) is 5.92 Å². The molecular formula is C17H24N2O6S. The van der Waals surface area contributed by atoms with Crippen LogP contribution in [-0.4, -0.2) is 40.1 Å². The number of primary sulfonamides is 1. The number of nitrogens with one attached hydrogen (secondary N) is 1. The van der Waals surface area contributed by atoms with Crippen molar-refractivity contribution in [1.29, 1.82) is 0 Å². The number of hydrogen-bond acceptors (Lipinski definition) is 6. The first-order valence-corrected chi connectivity index (χ1v) is 9.94. The highest BCUT2D eigenvalue weighted by Crippen LogP contribution is 2.24. The van der Waals surface area contributed by atoms with Crippen molar-refractivity contribution in [2.24, 2.45) is 11.1 Å². The molecule has 1 amide bonds. The largest absolute Gasteiger partial charge is 0.496 e. The topological polar surface area (TPSA) is 125 Å². The van der Waals surface area contributed by atoms with Crippen molar-refractivity contribution in [3.05, 3.63) is 23.8 Å². The normalized spacial score (nSPS) is 20.3. The molecule has 0 heterocycles. The molecule has 2 atom stereocenters. The van der Waals surface area contributed by atoms with Crippen molar-refractivity contribution in [2.75, 3.05) is 13.7 Å². The van der Waals surface area contributed by atoms with Crippen LogP contribution < -0.4 is 15.2 Å². The van der Waals surface area contributed by atoms with Crippen LogP contribution in [-0.2, 0) is 19.6 Å². The summed E-state index contributed by atoms with van der Waals surface area (Å²) in [5.74, 6) is -0.739. The summed E-state index contributed by atoms with van der Waals surface area (Å²) in [6.45, 7) is 1.63. The van der Waals surface area contributed by atoms with E-state index in [-0.39, 0.29) is 22.3 Å². The van der Waals surface area contributed by atoms with Gasteiger partial charge in [-0.15, -0.1) is 0 Å². The Bertz CT molecular complexity index is 777. The lowest BCUT2D eigenvalue weighted by Gasteiger charge is -2.29. The van der Waals surface area contributed by atoms with Gasteiger partial charge in [0, 0.05) is 6.04 Å². The molecule has 9 heteroatoms. The maximum atomic E-state index is 12.2. The summed E-state index contributed by atoms with van der Waals surface area (Å²) in [5, 5.41) is 7.95. The number of amides is 1. The maximum Gasteiger partial charge on any atom is 0.342 e. The van der Waals surface area contributed by atoms with Crippen LogP contribution in [0.5, 0.6) is 5.75 Å². The number of benzene rings is 1. The van der Waals surface area contributed by atoms with Crippen LogP contribution in [0.3, 0.4) is 0 Å².